The molecule has 0 spiro atoms. The molecule has 1 aromatic rings. The summed E-state index contributed by atoms with van der Waals surface area (Å²) < 4.78 is 2.21. The van der Waals surface area contributed by atoms with E-state index in [0.717, 1.165) is 42.6 Å². The van der Waals surface area contributed by atoms with E-state index in [1.54, 1.807) is 0 Å². The summed E-state index contributed by atoms with van der Waals surface area (Å²) in [7, 11) is 0. The first-order chi connectivity index (χ1) is 13.2. The second-order valence-corrected chi connectivity index (χ2v) is 7.98. The molecular weight excluding hydrogens is 338 g/mol. The van der Waals surface area contributed by atoms with Gasteiger partial charge in [-0.15, -0.1) is 0 Å². The first kappa shape index (κ1) is 16.7. The molecule has 0 aromatic carbocycles. The van der Waals surface area contributed by atoms with Crippen molar-refractivity contribution < 1.29 is 0 Å². The van der Waals surface area contributed by atoms with Crippen LogP contribution in [0.25, 0.3) is 22.3 Å². The van der Waals surface area contributed by atoms with Gasteiger partial charge in [-0.05, 0) is 45.7 Å². The quantitative estimate of drug-likeness (QED) is 0.774. The fourth-order valence-corrected chi connectivity index (χ4v) is 4.61. The van der Waals surface area contributed by atoms with Gasteiger partial charge in [0.2, 0.25) is 0 Å². The van der Waals surface area contributed by atoms with E-state index < -0.39 is 0 Å². The minimum atomic E-state index is 0.528. The van der Waals surface area contributed by atoms with Crippen molar-refractivity contribution in [1.82, 2.24) is 29.9 Å². The maximum absolute atomic E-state index is 5.02. The number of hydrogen-bond acceptors (Lipinski definition) is 5. The molecule has 7 nitrogen and oxygen atoms in total. The molecule has 5 rings (SSSR count). The zero-order chi connectivity index (χ0) is 18.5. The lowest BCUT2D eigenvalue weighted by atomic mass is 10.0. The molecule has 27 heavy (non-hydrogen) atoms. The molecule has 3 aliphatic heterocycles. The first-order valence-corrected chi connectivity index (χ1v) is 10.1. The van der Waals surface area contributed by atoms with E-state index in [1.165, 1.54) is 29.7 Å². The lowest BCUT2D eigenvalue weighted by Crippen LogP contribution is -2.44. The third kappa shape index (κ3) is 2.64. The fourth-order valence-electron chi connectivity index (χ4n) is 4.61. The van der Waals surface area contributed by atoms with Gasteiger partial charge in [-0.1, -0.05) is 0 Å². The summed E-state index contributed by atoms with van der Waals surface area (Å²) in [6.45, 7) is 10.8. The Hall–Kier alpha value is -2.41. The van der Waals surface area contributed by atoms with E-state index in [1.807, 2.05) is 6.20 Å². The van der Waals surface area contributed by atoms with Gasteiger partial charge in [-0.2, -0.15) is 15.3 Å². The van der Waals surface area contributed by atoms with Crippen LogP contribution >= 0.6 is 0 Å². The van der Waals surface area contributed by atoms with E-state index in [2.05, 4.69) is 62.8 Å². The highest BCUT2D eigenvalue weighted by Gasteiger charge is 2.30. The van der Waals surface area contributed by atoms with Crippen LogP contribution < -0.4 is 5.36 Å². The highest BCUT2D eigenvalue weighted by Crippen LogP contribution is 2.34. The van der Waals surface area contributed by atoms with Crippen LogP contribution in [-0.4, -0.2) is 55.1 Å². The minimum Gasteiger partial charge on any atom is -0.301 e. The molecule has 4 aliphatic rings. The predicted octanol–water partition coefficient (Wildman–Crippen LogP) is 2.39. The topological polar surface area (TPSA) is 65.3 Å². The number of likely N-dealkylation sites (tertiary alicyclic amines) is 1. The van der Waals surface area contributed by atoms with Crippen molar-refractivity contribution in [3.05, 3.63) is 29.3 Å². The van der Waals surface area contributed by atoms with Crippen LogP contribution in [0.4, 0.5) is 0 Å². The number of hydrogen-bond donors (Lipinski definition) is 1. The minimum absolute atomic E-state index is 0.528. The smallest absolute Gasteiger partial charge is 0.0973 e. The Morgan fingerprint density at radius 1 is 1.22 bits per heavy atom. The fraction of sp³-hybridized carbons (Fsp3) is 0.550. The molecule has 1 N–H and O–H groups in total. The van der Waals surface area contributed by atoms with Crippen molar-refractivity contribution in [2.45, 2.75) is 58.8 Å². The number of aromatic nitrogens is 4. The van der Waals surface area contributed by atoms with Crippen LogP contribution in [-0.2, 0) is 13.1 Å². The molecule has 0 radical (unpaired) electrons. The zero-order valence-corrected chi connectivity index (χ0v) is 16.3. The number of rotatable bonds is 3. The molecule has 0 saturated carbocycles. The Bertz CT molecular complexity index is 1010. The second kappa shape index (κ2) is 6.34. The molecule has 142 valence electrons. The number of nitrogens with zero attached hydrogens (tertiary/aromatic N) is 6. The monoisotopic (exact) mass is 365 g/mol. The van der Waals surface area contributed by atoms with Gasteiger partial charge >= 0.3 is 0 Å². The maximum Gasteiger partial charge on any atom is 0.0973 e. The highest BCUT2D eigenvalue weighted by molar-refractivity contribution is 5.92. The lowest BCUT2D eigenvalue weighted by molar-refractivity contribution is 0.0927. The third-order valence-corrected chi connectivity index (χ3v) is 6.16. The first-order valence-electron chi connectivity index (χ1n) is 10.1. The highest BCUT2D eigenvalue weighted by atomic mass is 15.5. The molecule has 0 atom stereocenters. The Morgan fingerprint density at radius 3 is 2.78 bits per heavy atom. The molecule has 0 amide bonds. The van der Waals surface area contributed by atoms with E-state index in [0.29, 0.717) is 12.1 Å². The van der Waals surface area contributed by atoms with Crippen molar-refractivity contribution in [2.75, 3.05) is 13.1 Å². The van der Waals surface area contributed by atoms with Crippen molar-refractivity contribution in [2.24, 2.45) is 5.10 Å². The van der Waals surface area contributed by atoms with Gasteiger partial charge in [0.05, 0.1) is 40.4 Å². The number of fused-ring (bicyclic) bond motifs is 2. The van der Waals surface area contributed by atoms with Gasteiger partial charge in [0, 0.05) is 37.3 Å². The summed E-state index contributed by atoms with van der Waals surface area (Å²) in [6.07, 6.45) is 4.19. The number of aryl methyl sites for hydroxylation is 1. The van der Waals surface area contributed by atoms with E-state index >= 15 is 0 Å². The standard InChI is InChI=1S/C20H27N7/c1-4-26-20-15-12-27(14-7-9-25(10-8-14)13(2)3)23-16(15)5-6-17-19(20)18(24-26)11-21-22-17/h5-6,11,13-14,24H,4,7-10,12H2,1-3H3. The maximum atomic E-state index is 5.02. The summed E-state index contributed by atoms with van der Waals surface area (Å²) in [4.78, 5) is 2.57. The Morgan fingerprint density at radius 2 is 2.04 bits per heavy atom. The van der Waals surface area contributed by atoms with E-state index in [4.69, 9.17) is 5.10 Å². The summed E-state index contributed by atoms with van der Waals surface area (Å²) in [5.41, 5.74) is 5.66. The van der Waals surface area contributed by atoms with Crippen LogP contribution in [0.15, 0.2) is 23.4 Å². The Balaban J connectivity index is 1.53. The molecule has 1 fully saturated rings. The summed E-state index contributed by atoms with van der Waals surface area (Å²) in [5, 5.41) is 20.4. The summed E-state index contributed by atoms with van der Waals surface area (Å²) >= 11 is 0. The number of piperidine rings is 1. The van der Waals surface area contributed by atoms with Gasteiger partial charge in [0.25, 0.3) is 0 Å². The van der Waals surface area contributed by atoms with Crippen LogP contribution in [0.3, 0.4) is 0 Å². The van der Waals surface area contributed by atoms with Crippen molar-refractivity contribution >= 4 is 11.0 Å². The normalized spacial score (nSPS) is 18.6. The van der Waals surface area contributed by atoms with Crippen molar-refractivity contribution in [3.63, 3.8) is 0 Å². The van der Waals surface area contributed by atoms with Crippen molar-refractivity contribution in [3.8, 4) is 11.3 Å². The number of nitrogens with one attached hydrogen (secondary N) is 1. The number of H-pyrrole nitrogens is 1. The van der Waals surface area contributed by atoms with Gasteiger partial charge < -0.3 is 4.90 Å². The molecule has 0 unspecified atom stereocenters. The molecule has 1 aliphatic carbocycles. The van der Waals surface area contributed by atoms with Crippen LogP contribution in [0.1, 0.15) is 39.2 Å². The molecule has 4 heterocycles. The Kier molecular flexibility index (Phi) is 3.93. The molecule has 1 aromatic heterocycles. The SMILES string of the molecule is CCn1[nH]c2cnnc3ccc4c(c1-c32)CN(C1CCN(C(C)C)CC1)N=4. The molecule has 7 heteroatoms. The lowest BCUT2D eigenvalue weighted by Gasteiger charge is -2.37. The Labute approximate surface area is 159 Å². The van der Waals surface area contributed by atoms with Crippen LogP contribution in [0.5, 0.6) is 0 Å². The second-order valence-electron chi connectivity index (χ2n) is 7.98. The van der Waals surface area contributed by atoms with E-state index in [-0.39, 0.29) is 0 Å². The van der Waals surface area contributed by atoms with Crippen LogP contribution in [0.2, 0.25) is 0 Å². The third-order valence-electron chi connectivity index (χ3n) is 6.16. The number of aromatic amines is 1. The van der Waals surface area contributed by atoms with E-state index in [9.17, 15) is 0 Å². The summed E-state index contributed by atoms with van der Waals surface area (Å²) in [6, 6.07) is 5.33. The zero-order valence-electron chi connectivity index (χ0n) is 16.3. The van der Waals surface area contributed by atoms with Gasteiger partial charge in [-0.3, -0.25) is 14.8 Å². The molecular formula is C20H27N7. The van der Waals surface area contributed by atoms with Gasteiger partial charge in [0.1, 0.15) is 0 Å². The summed E-state index contributed by atoms with van der Waals surface area (Å²) in [5.74, 6) is 0. The molecule has 0 bridgehead atoms. The molecule has 1 saturated heterocycles. The average molecular weight is 365 g/mol. The van der Waals surface area contributed by atoms with Gasteiger partial charge in [0.15, 0.2) is 0 Å². The van der Waals surface area contributed by atoms with Crippen molar-refractivity contribution in [1.29, 1.82) is 0 Å². The average Bonchev–Trinajstić information content (AvgIpc) is 3.23. The van der Waals surface area contributed by atoms with Crippen LogP contribution in [0, 0.1) is 0 Å². The predicted molar refractivity (Wildman–Crippen MR) is 105 cm³/mol. The van der Waals surface area contributed by atoms with Gasteiger partial charge in [-0.25, -0.2) is 0 Å². The largest absolute Gasteiger partial charge is 0.301 e.